The van der Waals surface area contributed by atoms with Gasteiger partial charge in [-0.15, -0.1) is 10.1 Å². The molecule has 0 fully saturated rings. The molecule has 41 heavy (non-hydrogen) atoms. The first-order chi connectivity index (χ1) is 19.9. The van der Waals surface area contributed by atoms with Gasteiger partial charge in [0, 0.05) is 7.11 Å². The Kier molecular flexibility index (Phi) is 9.28. The Bertz CT molecular complexity index is 1390. The minimum atomic E-state index is -1.53. The monoisotopic (exact) mass is 561 g/mol. The van der Waals surface area contributed by atoms with Gasteiger partial charge in [0.1, 0.15) is 12.4 Å². The summed E-state index contributed by atoms with van der Waals surface area (Å²) in [5, 5.41) is 9.62. The average Bonchev–Trinajstić information content (AvgIpc) is 3.01. The van der Waals surface area contributed by atoms with E-state index >= 15 is 0 Å². The van der Waals surface area contributed by atoms with E-state index < -0.39 is 22.8 Å². The normalized spacial score (nSPS) is 11.7. The van der Waals surface area contributed by atoms with Crippen LogP contribution in [0.1, 0.15) is 16.7 Å². The number of carbonyl (C=O) groups excluding carboxylic acids is 1. The van der Waals surface area contributed by atoms with Gasteiger partial charge in [-0.25, -0.2) is 4.79 Å². The third-order valence-corrected chi connectivity index (χ3v) is 6.09. The lowest BCUT2D eigenvalue weighted by atomic mass is 9.81. The highest BCUT2D eigenvalue weighted by Gasteiger charge is 2.50. The molecule has 1 heterocycles. The molecular formula is C29H27N3O9. The number of aromatic nitrogens is 2. The highest BCUT2D eigenvalue weighted by molar-refractivity contribution is 5.80. The van der Waals surface area contributed by atoms with Gasteiger partial charge in [0.2, 0.25) is 17.9 Å². The van der Waals surface area contributed by atoms with Crippen molar-refractivity contribution < 1.29 is 38.4 Å². The molecule has 4 rings (SSSR count). The SMILES string of the molecule is COc1cc(OC)nc(O[C@H](C(=O)Oc2ccc(CO[N+](=O)[O-])cc2)C(OC)(c2ccccc2)c2ccccc2)n1. The standard InChI is InChI=1S/C29H27N3O9/c1-36-24-18-25(37-2)31-28(30-24)41-26(27(33)40-23-16-14-20(15-17-23)19-39-32(34)35)29(38-3,21-10-6-4-7-11-21)22-12-8-5-9-13-22/h4-18,26H,19H2,1-3H3/t26-/m1/s1. The van der Waals surface area contributed by atoms with E-state index in [1.807, 2.05) is 36.4 Å². The maximum Gasteiger partial charge on any atom is 0.356 e. The summed E-state index contributed by atoms with van der Waals surface area (Å²) in [6, 6.07) is 25.4. The topological polar surface area (TPSA) is 141 Å². The quantitative estimate of drug-likeness (QED) is 0.101. The van der Waals surface area contributed by atoms with Crippen LogP contribution in [0.15, 0.2) is 91.0 Å². The Morgan fingerprint density at radius 2 is 1.39 bits per heavy atom. The lowest BCUT2D eigenvalue weighted by Gasteiger charge is -2.38. The predicted molar refractivity (Wildman–Crippen MR) is 144 cm³/mol. The molecule has 0 aliphatic rings. The Morgan fingerprint density at radius 3 is 1.85 bits per heavy atom. The summed E-state index contributed by atoms with van der Waals surface area (Å²) in [4.78, 5) is 37.4. The first kappa shape index (κ1) is 28.8. The third-order valence-electron chi connectivity index (χ3n) is 6.09. The summed E-state index contributed by atoms with van der Waals surface area (Å²) >= 11 is 0. The lowest BCUT2D eigenvalue weighted by molar-refractivity contribution is -0.763. The van der Waals surface area contributed by atoms with Gasteiger partial charge in [0.15, 0.2) is 5.60 Å². The molecule has 0 N–H and O–H groups in total. The van der Waals surface area contributed by atoms with Crippen molar-refractivity contribution in [3.63, 3.8) is 0 Å². The number of hydrogen-bond acceptors (Lipinski definition) is 11. The highest BCUT2D eigenvalue weighted by Crippen LogP contribution is 2.39. The number of nitrogens with zero attached hydrogens (tertiary/aromatic N) is 3. The predicted octanol–water partition coefficient (Wildman–Crippen LogP) is 4.15. The molecule has 0 spiro atoms. The van der Waals surface area contributed by atoms with E-state index in [4.69, 9.17) is 23.7 Å². The molecule has 0 aliphatic heterocycles. The van der Waals surface area contributed by atoms with E-state index in [2.05, 4.69) is 14.8 Å². The summed E-state index contributed by atoms with van der Waals surface area (Å²) < 4.78 is 28.6. The van der Waals surface area contributed by atoms with Crippen molar-refractivity contribution >= 4 is 5.97 Å². The van der Waals surface area contributed by atoms with Gasteiger partial charge >= 0.3 is 12.0 Å². The van der Waals surface area contributed by atoms with Crippen LogP contribution in [0.5, 0.6) is 23.5 Å². The van der Waals surface area contributed by atoms with Crippen LogP contribution in [0.4, 0.5) is 0 Å². The fourth-order valence-corrected chi connectivity index (χ4v) is 4.18. The van der Waals surface area contributed by atoms with Crippen LogP contribution in [0.2, 0.25) is 0 Å². The van der Waals surface area contributed by atoms with E-state index in [9.17, 15) is 14.9 Å². The van der Waals surface area contributed by atoms with Crippen LogP contribution in [-0.2, 0) is 26.6 Å². The zero-order valence-corrected chi connectivity index (χ0v) is 22.5. The second kappa shape index (κ2) is 13.2. The Morgan fingerprint density at radius 1 is 0.854 bits per heavy atom. The van der Waals surface area contributed by atoms with Crippen LogP contribution < -0.4 is 18.9 Å². The van der Waals surface area contributed by atoms with Crippen molar-refractivity contribution in [2.24, 2.45) is 0 Å². The van der Waals surface area contributed by atoms with Crippen LogP contribution in [-0.4, -0.2) is 48.5 Å². The summed E-state index contributed by atoms with van der Waals surface area (Å²) in [6.07, 6.45) is -1.49. The van der Waals surface area contributed by atoms with Gasteiger partial charge < -0.3 is 28.5 Å². The van der Waals surface area contributed by atoms with Gasteiger partial charge in [-0.05, 0) is 28.8 Å². The molecule has 3 aromatic carbocycles. The van der Waals surface area contributed by atoms with Crippen LogP contribution in [0.3, 0.4) is 0 Å². The molecule has 1 atom stereocenters. The maximum absolute atomic E-state index is 14.0. The van der Waals surface area contributed by atoms with Gasteiger partial charge in [-0.1, -0.05) is 72.8 Å². The van der Waals surface area contributed by atoms with Gasteiger partial charge in [-0.3, -0.25) is 0 Å². The third kappa shape index (κ3) is 6.68. The second-order valence-electron chi connectivity index (χ2n) is 8.47. The van der Waals surface area contributed by atoms with Crippen molar-refractivity contribution in [3.05, 3.63) is 118 Å². The zero-order chi connectivity index (χ0) is 29.2. The van der Waals surface area contributed by atoms with E-state index in [0.29, 0.717) is 16.7 Å². The van der Waals surface area contributed by atoms with Crippen molar-refractivity contribution in [1.29, 1.82) is 0 Å². The number of ether oxygens (including phenoxy) is 5. The Hall–Kier alpha value is -5.23. The molecule has 12 heteroatoms. The first-order valence-corrected chi connectivity index (χ1v) is 12.3. The fourth-order valence-electron chi connectivity index (χ4n) is 4.18. The van der Waals surface area contributed by atoms with E-state index in [-0.39, 0.29) is 30.1 Å². The van der Waals surface area contributed by atoms with Crippen LogP contribution >= 0.6 is 0 Å². The van der Waals surface area contributed by atoms with Gasteiger partial charge in [-0.2, -0.15) is 9.97 Å². The second-order valence-corrected chi connectivity index (χ2v) is 8.47. The molecule has 212 valence electrons. The molecule has 4 aromatic rings. The summed E-state index contributed by atoms with van der Waals surface area (Å²) in [7, 11) is 4.30. The van der Waals surface area contributed by atoms with Crippen molar-refractivity contribution in [2.75, 3.05) is 21.3 Å². The largest absolute Gasteiger partial charge is 0.481 e. The number of esters is 1. The summed E-state index contributed by atoms with van der Waals surface area (Å²) in [5.74, 6) is -0.383. The van der Waals surface area contributed by atoms with E-state index in [1.165, 1.54) is 51.7 Å². The average molecular weight is 562 g/mol. The van der Waals surface area contributed by atoms with Gasteiger partial charge in [0.25, 0.3) is 5.09 Å². The molecule has 0 amide bonds. The maximum atomic E-state index is 14.0. The van der Waals surface area contributed by atoms with Gasteiger partial charge in [0.05, 0.1) is 20.3 Å². The Balaban J connectivity index is 1.80. The number of rotatable bonds is 13. The lowest BCUT2D eigenvalue weighted by Crippen LogP contribution is -2.52. The van der Waals surface area contributed by atoms with E-state index in [0.717, 1.165) is 0 Å². The Labute approximate surface area is 235 Å². The number of hydrogen-bond donors (Lipinski definition) is 0. The van der Waals surface area contributed by atoms with Crippen LogP contribution in [0, 0.1) is 10.1 Å². The van der Waals surface area contributed by atoms with E-state index in [1.54, 1.807) is 24.3 Å². The highest BCUT2D eigenvalue weighted by atomic mass is 16.9. The molecule has 0 saturated carbocycles. The molecular weight excluding hydrogens is 534 g/mol. The number of methoxy groups -OCH3 is 3. The molecule has 0 saturated heterocycles. The minimum Gasteiger partial charge on any atom is -0.481 e. The molecule has 12 nitrogen and oxygen atoms in total. The molecule has 1 aromatic heterocycles. The molecule has 0 radical (unpaired) electrons. The van der Waals surface area contributed by atoms with Crippen molar-refractivity contribution in [1.82, 2.24) is 9.97 Å². The molecule has 0 aliphatic carbocycles. The van der Waals surface area contributed by atoms with Crippen LogP contribution in [0.25, 0.3) is 0 Å². The zero-order valence-electron chi connectivity index (χ0n) is 22.5. The molecule has 0 unspecified atom stereocenters. The summed E-state index contributed by atoms with van der Waals surface area (Å²) in [6.45, 7) is -0.253. The first-order valence-electron chi connectivity index (χ1n) is 12.3. The van der Waals surface area contributed by atoms with Crippen molar-refractivity contribution in [2.45, 2.75) is 18.3 Å². The summed E-state index contributed by atoms with van der Waals surface area (Å²) in [5.41, 5.74) is 0.167. The molecule has 0 bridgehead atoms. The van der Waals surface area contributed by atoms with Crippen molar-refractivity contribution in [3.8, 4) is 23.5 Å². The fraction of sp³-hybridized carbons (Fsp3) is 0.207. The smallest absolute Gasteiger partial charge is 0.356 e. The number of carbonyl (C=O) groups is 1. The minimum absolute atomic E-state index is 0.147. The number of benzene rings is 3.